The standard InChI is InChI=1S/C23H29N5O4/c1-15-13-17(14-25-19(15)27-22(31)32-23(2,3)4)26-20(29)21(30)28-12-6-5-7-18(28)16-8-10-24-11-9-16/h8-11,13-14,18H,5-7,12H2,1-4H3,(H,26,29)(H,25,27,31). The van der Waals surface area contributed by atoms with Gasteiger partial charge in [0.1, 0.15) is 11.4 Å². The van der Waals surface area contributed by atoms with Crippen LogP contribution in [0.25, 0.3) is 0 Å². The first-order valence-electron chi connectivity index (χ1n) is 10.6. The van der Waals surface area contributed by atoms with Crippen molar-refractivity contribution in [2.45, 2.75) is 58.6 Å². The summed E-state index contributed by atoms with van der Waals surface area (Å²) in [6.07, 6.45) is 6.80. The summed E-state index contributed by atoms with van der Waals surface area (Å²) in [5, 5.41) is 5.20. The second kappa shape index (κ2) is 9.76. The summed E-state index contributed by atoms with van der Waals surface area (Å²) in [5.74, 6) is -0.988. The molecule has 3 amide bonds. The summed E-state index contributed by atoms with van der Waals surface area (Å²) in [6.45, 7) is 7.56. The van der Waals surface area contributed by atoms with Gasteiger partial charge in [-0.1, -0.05) is 0 Å². The van der Waals surface area contributed by atoms with Gasteiger partial charge in [0.25, 0.3) is 0 Å². The van der Waals surface area contributed by atoms with Crippen molar-refractivity contribution >= 4 is 29.4 Å². The van der Waals surface area contributed by atoms with E-state index in [1.165, 1.54) is 6.20 Å². The van der Waals surface area contributed by atoms with Crippen molar-refractivity contribution in [3.8, 4) is 0 Å². The van der Waals surface area contributed by atoms with E-state index >= 15 is 0 Å². The molecule has 1 fully saturated rings. The highest BCUT2D eigenvalue weighted by atomic mass is 16.6. The molecule has 0 aliphatic carbocycles. The van der Waals surface area contributed by atoms with Crippen LogP contribution in [-0.4, -0.2) is 44.9 Å². The molecule has 0 spiro atoms. The topological polar surface area (TPSA) is 114 Å². The largest absolute Gasteiger partial charge is 0.444 e. The number of ether oxygens (including phenoxy) is 1. The fraction of sp³-hybridized carbons (Fsp3) is 0.435. The number of likely N-dealkylation sites (tertiary alicyclic amines) is 1. The van der Waals surface area contributed by atoms with E-state index in [2.05, 4.69) is 20.6 Å². The molecule has 3 heterocycles. The second-order valence-electron chi connectivity index (χ2n) is 8.76. The van der Waals surface area contributed by atoms with Crippen LogP contribution in [0.5, 0.6) is 0 Å². The Morgan fingerprint density at radius 1 is 1.12 bits per heavy atom. The van der Waals surface area contributed by atoms with Gasteiger partial charge in [-0.2, -0.15) is 0 Å². The minimum absolute atomic E-state index is 0.148. The molecule has 9 heteroatoms. The number of rotatable bonds is 3. The van der Waals surface area contributed by atoms with Gasteiger partial charge in [-0.3, -0.25) is 19.9 Å². The minimum atomic E-state index is -0.722. The Bertz CT molecular complexity index is 988. The summed E-state index contributed by atoms with van der Waals surface area (Å²) < 4.78 is 5.22. The fourth-order valence-corrected chi connectivity index (χ4v) is 3.60. The van der Waals surface area contributed by atoms with E-state index in [0.29, 0.717) is 23.6 Å². The van der Waals surface area contributed by atoms with Crippen molar-refractivity contribution in [3.63, 3.8) is 0 Å². The van der Waals surface area contributed by atoms with Crippen molar-refractivity contribution in [1.29, 1.82) is 0 Å². The lowest BCUT2D eigenvalue weighted by Gasteiger charge is -2.35. The third-order valence-corrected chi connectivity index (χ3v) is 5.00. The lowest BCUT2D eigenvalue weighted by atomic mass is 9.96. The number of nitrogens with zero attached hydrogens (tertiary/aromatic N) is 3. The van der Waals surface area contributed by atoms with Gasteiger partial charge in [0.15, 0.2) is 0 Å². The maximum absolute atomic E-state index is 12.9. The van der Waals surface area contributed by atoms with Crippen molar-refractivity contribution in [3.05, 3.63) is 47.9 Å². The normalized spacial score (nSPS) is 16.2. The van der Waals surface area contributed by atoms with Gasteiger partial charge >= 0.3 is 17.9 Å². The summed E-state index contributed by atoms with van der Waals surface area (Å²) in [5.41, 5.74) is 1.33. The Balaban J connectivity index is 1.66. The van der Waals surface area contributed by atoms with Crippen molar-refractivity contribution in [2.75, 3.05) is 17.2 Å². The van der Waals surface area contributed by atoms with E-state index in [1.54, 1.807) is 51.1 Å². The molecule has 2 aromatic rings. The van der Waals surface area contributed by atoms with Gasteiger partial charge in [-0.25, -0.2) is 9.78 Å². The van der Waals surface area contributed by atoms with Crippen LogP contribution in [-0.2, 0) is 14.3 Å². The Kier molecular flexibility index (Phi) is 7.07. The molecule has 9 nitrogen and oxygen atoms in total. The molecular weight excluding hydrogens is 410 g/mol. The zero-order chi connectivity index (χ0) is 23.3. The molecule has 1 aliphatic rings. The molecule has 3 rings (SSSR count). The average molecular weight is 440 g/mol. The van der Waals surface area contributed by atoms with Crippen molar-refractivity contribution in [2.24, 2.45) is 0 Å². The number of carbonyl (C=O) groups excluding carboxylic acids is 3. The van der Waals surface area contributed by atoms with Gasteiger partial charge < -0.3 is 15.0 Å². The molecule has 1 saturated heterocycles. The first-order chi connectivity index (χ1) is 15.1. The Morgan fingerprint density at radius 2 is 1.84 bits per heavy atom. The molecule has 1 aliphatic heterocycles. The van der Waals surface area contributed by atoms with Crippen LogP contribution >= 0.6 is 0 Å². The van der Waals surface area contributed by atoms with E-state index in [9.17, 15) is 14.4 Å². The number of piperidine rings is 1. The average Bonchev–Trinajstić information content (AvgIpc) is 2.74. The number of carbonyl (C=O) groups is 3. The van der Waals surface area contributed by atoms with Crippen molar-refractivity contribution < 1.29 is 19.1 Å². The smallest absolute Gasteiger partial charge is 0.413 e. The highest BCUT2D eigenvalue weighted by Crippen LogP contribution is 2.30. The number of hydrogen-bond acceptors (Lipinski definition) is 6. The summed E-state index contributed by atoms with van der Waals surface area (Å²) >= 11 is 0. The molecule has 2 N–H and O–H groups in total. The maximum Gasteiger partial charge on any atom is 0.413 e. The van der Waals surface area contributed by atoms with E-state index in [1.807, 2.05) is 12.1 Å². The molecule has 170 valence electrons. The monoisotopic (exact) mass is 439 g/mol. The van der Waals surface area contributed by atoms with E-state index in [4.69, 9.17) is 4.74 Å². The van der Waals surface area contributed by atoms with Crippen LogP contribution in [0.3, 0.4) is 0 Å². The maximum atomic E-state index is 12.9. The number of pyridine rings is 2. The van der Waals surface area contributed by atoms with Gasteiger partial charge in [0.2, 0.25) is 0 Å². The van der Waals surface area contributed by atoms with Gasteiger partial charge in [0.05, 0.1) is 17.9 Å². The molecule has 0 saturated carbocycles. The number of amides is 3. The van der Waals surface area contributed by atoms with E-state index in [-0.39, 0.29) is 6.04 Å². The quantitative estimate of drug-likeness (QED) is 0.703. The zero-order valence-corrected chi connectivity index (χ0v) is 18.8. The molecule has 32 heavy (non-hydrogen) atoms. The SMILES string of the molecule is Cc1cc(NC(=O)C(=O)N2CCCCC2c2ccncc2)cnc1NC(=O)OC(C)(C)C. The van der Waals surface area contributed by atoms with Gasteiger partial charge in [-0.15, -0.1) is 0 Å². The number of nitrogens with one attached hydrogen (secondary N) is 2. The van der Waals surface area contributed by atoms with E-state index < -0.39 is 23.5 Å². The highest BCUT2D eigenvalue weighted by molar-refractivity contribution is 6.39. The van der Waals surface area contributed by atoms with Crippen molar-refractivity contribution in [1.82, 2.24) is 14.9 Å². The first-order valence-corrected chi connectivity index (χ1v) is 10.6. The minimum Gasteiger partial charge on any atom is -0.444 e. The van der Waals surface area contributed by atoms with Crippen LogP contribution in [0.15, 0.2) is 36.8 Å². The van der Waals surface area contributed by atoms with Crippen LogP contribution in [0.4, 0.5) is 16.3 Å². The summed E-state index contributed by atoms with van der Waals surface area (Å²) in [4.78, 5) is 47.4. The Labute approximate surface area is 187 Å². The van der Waals surface area contributed by atoms with Gasteiger partial charge in [0, 0.05) is 18.9 Å². The lowest BCUT2D eigenvalue weighted by molar-refractivity contribution is -0.145. The summed E-state index contributed by atoms with van der Waals surface area (Å²) in [6, 6.07) is 5.24. The summed E-state index contributed by atoms with van der Waals surface area (Å²) in [7, 11) is 0. The number of anilines is 2. The number of hydrogen-bond donors (Lipinski definition) is 2. The second-order valence-corrected chi connectivity index (χ2v) is 8.76. The van der Waals surface area contributed by atoms with Crippen LogP contribution in [0, 0.1) is 6.92 Å². The lowest BCUT2D eigenvalue weighted by Crippen LogP contribution is -2.44. The third-order valence-electron chi connectivity index (χ3n) is 5.00. The highest BCUT2D eigenvalue weighted by Gasteiger charge is 2.31. The Hall–Kier alpha value is -3.49. The predicted molar refractivity (Wildman–Crippen MR) is 120 cm³/mol. The molecule has 0 bridgehead atoms. The van der Waals surface area contributed by atoms with Crippen LogP contribution < -0.4 is 10.6 Å². The number of aromatic nitrogens is 2. The Morgan fingerprint density at radius 3 is 2.50 bits per heavy atom. The number of aryl methyl sites for hydroxylation is 1. The molecule has 0 radical (unpaired) electrons. The van der Waals surface area contributed by atoms with Crippen LogP contribution in [0.2, 0.25) is 0 Å². The van der Waals surface area contributed by atoms with Gasteiger partial charge in [-0.05, 0) is 76.3 Å². The predicted octanol–water partition coefficient (Wildman–Crippen LogP) is 3.82. The van der Waals surface area contributed by atoms with E-state index in [0.717, 1.165) is 24.8 Å². The molecular formula is C23H29N5O4. The zero-order valence-electron chi connectivity index (χ0n) is 18.8. The molecule has 1 unspecified atom stereocenters. The first kappa shape index (κ1) is 23.2. The van der Waals surface area contributed by atoms with Crippen LogP contribution in [0.1, 0.15) is 57.2 Å². The molecule has 2 aromatic heterocycles. The molecule has 1 atom stereocenters. The fourth-order valence-electron chi connectivity index (χ4n) is 3.60. The third kappa shape index (κ3) is 6.03. The molecule has 0 aromatic carbocycles.